The molecule has 0 aliphatic rings. The van der Waals surface area contributed by atoms with Crippen LogP contribution in [0.4, 0.5) is 0 Å². The lowest BCUT2D eigenvalue weighted by Crippen LogP contribution is -2.11. The smallest absolute Gasteiger partial charge is 0.296 e. The van der Waals surface area contributed by atoms with Gasteiger partial charge in [0.1, 0.15) is 11.5 Å². The molecule has 0 saturated carbocycles. The Morgan fingerprint density at radius 3 is 2.30 bits per heavy atom. The highest BCUT2D eigenvalue weighted by molar-refractivity contribution is 7.86. The topological polar surface area (TPSA) is 85.7 Å². The largest absolute Gasteiger partial charge is 0.508 e. The third kappa shape index (κ3) is 4.64. The van der Waals surface area contributed by atoms with Crippen molar-refractivity contribution >= 4 is 10.1 Å². The Hall–Kier alpha value is -2.90. The van der Waals surface area contributed by atoms with E-state index in [-0.39, 0.29) is 17.3 Å². The first-order chi connectivity index (χ1) is 13.0. The fraction of sp³-hybridized carbons (Fsp3) is 0.150. The second kappa shape index (κ2) is 8.20. The van der Waals surface area contributed by atoms with Crippen LogP contribution in [-0.2, 0) is 14.3 Å². The van der Waals surface area contributed by atoms with E-state index in [2.05, 4.69) is 4.98 Å². The molecule has 0 bridgehead atoms. The lowest BCUT2D eigenvalue weighted by Gasteiger charge is -2.19. The van der Waals surface area contributed by atoms with E-state index in [4.69, 9.17) is 8.92 Å². The molecule has 27 heavy (non-hydrogen) atoms. The minimum atomic E-state index is -3.76. The molecule has 2 aromatic carbocycles. The monoisotopic (exact) mass is 385 g/mol. The van der Waals surface area contributed by atoms with Gasteiger partial charge in [-0.2, -0.15) is 8.42 Å². The fourth-order valence-electron chi connectivity index (χ4n) is 2.52. The van der Waals surface area contributed by atoms with E-state index in [1.165, 1.54) is 12.1 Å². The minimum absolute atomic E-state index is 0.0655. The molecule has 3 rings (SSSR count). The molecule has 0 amide bonds. The van der Waals surface area contributed by atoms with E-state index in [0.717, 1.165) is 5.56 Å². The van der Waals surface area contributed by atoms with Crippen LogP contribution in [0.15, 0.2) is 77.8 Å². The Morgan fingerprint density at radius 2 is 1.70 bits per heavy atom. The van der Waals surface area contributed by atoms with Gasteiger partial charge < -0.3 is 9.84 Å². The van der Waals surface area contributed by atoms with Gasteiger partial charge in [0.2, 0.25) is 0 Å². The van der Waals surface area contributed by atoms with Crippen LogP contribution >= 0.6 is 0 Å². The number of pyridine rings is 1. The number of aromatic hydroxyl groups is 1. The molecule has 0 saturated heterocycles. The zero-order valence-corrected chi connectivity index (χ0v) is 15.5. The molecule has 1 N–H and O–H groups in total. The summed E-state index contributed by atoms with van der Waals surface area (Å²) in [6.45, 7) is 1.69. The SMILES string of the molecule is CCOS(=O)(=O)c1ccc(OC(c2ccc(O)cc2)c2ccccn2)cc1. The molecule has 0 spiro atoms. The molecular formula is C20H19NO5S. The van der Waals surface area contributed by atoms with Gasteiger partial charge in [-0.3, -0.25) is 9.17 Å². The lowest BCUT2D eigenvalue weighted by molar-refractivity contribution is 0.242. The van der Waals surface area contributed by atoms with Crippen LogP contribution in [0, 0.1) is 0 Å². The molecule has 1 unspecified atom stereocenters. The van der Waals surface area contributed by atoms with Crippen molar-refractivity contribution in [2.24, 2.45) is 0 Å². The molecule has 0 fully saturated rings. The number of phenolic OH excluding ortho intramolecular Hbond substituents is 1. The van der Waals surface area contributed by atoms with Crippen molar-refractivity contribution in [3.63, 3.8) is 0 Å². The van der Waals surface area contributed by atoms with Crippen LogP contribution in [0.25, 0.3) is 0 Å². The second-order valence-corrected chi connectivity index (χ2v) is 7.29. The van der Waals surface area contributed by atoms with Crippen molar-refractivity contribution < 1.29 is 22.4 Å². The van der Waals surface area contributed by atoms with Crippen molar-refractivity contribution in [1.82, 2.24) is 4.98 Å². The summed E-state index contributed by atoms with van der Waals surface area (Å²) in [6.07, 6.45) is 1.16. The first-order valence-electron chi connectivity index (χ1n) is 8.35. The maximum absolute atomic E-state index is 11.9. The highest BCUT2D eigenvalue weighted by atomic mass is 32.2. The Bertz CT molecular complexity index is 971. The second-order valence-electron chi connectivity index (χ2n) is 5.68. The highest BCUT2D eigenvalue weighted by Crippen LogP contribution is 2.29. The van der Waals surface area contributed by atoms with Crippen LogP contribution in [0.2, 0.25) is 0 Å². The van der Waals surface area contributed by atoms with Gasteiger partial charge in [0.05, 0.1) is 17.2 Å². The molecule has 140 valence electrons. The number of ether oxygens (including phenoxy) is 1. The van der Waals surface area contributed by atoms with E-state index < -0.39 is 16.2 Å². The van der Waals surface area contributed by atoms with Crippen molar-refractivity contribution in [3.05, 3.63) is 84.2 Å². The summed E-state index contributed by atoms with van der Waals surface area (Å²) in [5.41, 5.74) is 1.49. The molecule has 0 aliphatic carbocycles. The van der Waals surface area contributed by atoms with Gasteiger partial charge in [-0.15, -0.1) is 0 Å². The average Bonchev–Trinajstić information content (AvgIpc) is 2.68. The van der Waals surface area contributed by atoms with E-state index in [0.29, 0.717) is 11.4 Å². The summed E-state index contributed by atoms with van der Waals surface area (Å²) in [5, 5.41) is 9.52. The van der Waals surface area contributed by atoms with Gasteiger partial charge in [-0.05, 0) is 61.0 Å². The molecule has 0 radical (unpaired) electrons. The third-order valence-corrected chi connectivity index (χ3v) is 5.19. The van der Waals surface area contributed by atoms with E-state index in [9.17, 15) is 13.5 Å². The molecule has 7 heteroatoms. The third-order valence-electron chi connectivity index (χ3n) is 3.79. The van der Waals surface area contributed by atoms with Crippen LogP contribution < -0.4 is 4.74 Å². The molecular weight excluding hydrogens is 366 g/mol. The van der Waals surface area contributed by atoms with Crippen molar-refractivity contribution in [2.75, 3.05) is 6.61 Å². The van der Waals surface area contributed by atoms with Crippen LogP contribution in [0.3, 0.4) is 0 Å². The summed E-state index contributed by atoms with van der Waals surface area (Å²) >= 11 is 0. The quantitative estimate of drug-likeness (QED) is 0.625. The predicted octanol–water partition coefficient (Wildman–Crippen LogP) is 3.68. The predicted molar refractivity (Wildman–Crippen MR) is 100 cm³/mol. The molecule has 1 heterocycles. The number of hydrogen-bond donors (Lipinski definition) is 1. The van der Waals surface area contributed by atoms with Crippen molar-refractivity contribution in [2.45, 2.75) is 17.9 Å². The first kappa shape index (κ1) is 18.9. The molecule has 1 atom stereocenters. The number of hydrogen-bond acceptors (Lipinski definition) is 6. The molecule has 3 aromatic rings. The summed E-state index contributed by atoms with van der Waals surface area (Å²) in [6, 6.07) is 18.2. The molecule has 1 aromatic heterocycles. The highest BCUT2D eigenvalue weighted by Gasteiger charge is 2.19. The number of aromatic nitrogens is 1. The van der Waals surface area contributed by atoms with Gasteiger partial charge in [0.15, 0.2) is 6.10 Å². The minimum Gasteiger partial charge on any atom is -0.508 e. The summed E-state index contributed by atoms with van der Waals surface area (Å²) < 4.78 is 34.7. The van der Waals surface area contributed by atoms with Crippen molar-refractivity contribution in [1.29, 1.82) is 0 Å². The van der Waals surface area contributed by atoms with E-state index >= 15 is 0 Å². The van der Waals surface area contributed by atoms with Crippen LogP contribution in [-0.4, -0.2) is 25.1 Å². The number of benzene rings is 2. The fourth-order valence-corrected chi connectivity index (χ4v) is 3.44. The maximum atomic E-state index is 11.9. The van der Waals surface area contributed by atoms with Gasteiger partial charge in [0.25, 0.3) is 10.1 Å². The Kier molecular flexibility index (Phi) is 5.73. The number of nitrogens with zero attached hydrogens (tertiary/aromatic N) is 1. The van der Waals surface area contributed by atoms with E-state index in [1.807, 2.05) is 18.2 Å². The van der Waals surface area contributed by atoms with Crippen LogP contribution in [0.5, 0.6) is 11.5 Å². The van der Waals surface area contributed by atoms with Gasteiger partial charge in [0, 0.05) is 6.20 Å². The van der Waals surface area contributed by atoms with E-state index in [1.54, 1.807) is 49.5 Å². The normalized spacial score (nSPS) is 12.5. The Balaban J connectivity index is 1.90. The Morgan fingerprint density at radius 1 is 1.00 bits per heavy atom. The Labute approximate surface area is 158 Å². The maximum Gasteiger partial charge on any atom is 0.296 e. The molecule has 6 nitrogen and oxygen atoms in total. The van der Waals surface area contributed by atoms with Crippen molar-refractivity contribution in [3.8, 4) is 11.5 Å². The van der Waals surface area contributed by atoms with Gasteiger partial charge >= 0.3 is 0 Å². The van der Waals surface area contributed by atoms with Gasteiger partial charge in [-0.1, -0.05) is 18.2 Å². The zero-order valence-electron chi connectivity index (χ0n) is 14.6. The molecule has 0 aliphatic heterocycles. The van der Waals surface area contributed by atoms with Crippen LogP contribution in [0.1, 0.15) is 24.3 Å². The van der Waals surface area contributed by atoms with Gasteiger partial charge in [-0.25, -0.2) is 0 Å². The number of phenols is 1. The summed E-state index contributed by atoms with van der Waals surface area (Å²) in [7, 11) is -3.76. The number of rotatable bonds is 7. The lowest BCUT2D eigenvalue weighted by atomic mass is 10.1. The first-order valence-corrected chi connectivity index (χ1v) is 9.76. The summed E-state index contributed by atoms with van der Waals surface area (Å²) in [5.74, 6) is 0.637. The summed E-state index contributed by atoms with van der Waals surface area (Å²) in [4.78, 5) is 4.42. The zero-order chi connectivity index (χ0) is 19.3. The standard InChI is InChI=1S/C20H19NO5S/c1-2-25-27(23,24)18-12-10-17(11-13-18)26-20(19-5-3-4-14-21-19)15-6-8-16(22)9-7-15/h3-14,20,22H,2H2,1H3. The average molecular weight is 385 g/mol.